The number of benzene rings is 3. The number of anilines is 1. The highest BCUT2D eigenvalue weighted by Crippen LogP contribution is 2.27. The first-order valence-corrected chi connectivity index (χ1v) is 13.7. The third kappa shape index (κ3) is 6.77. The molecule has 0 fully saturated rings. The third-order valence-corrected chi connectivity index (χ3v) is 8.00. The smallest absolute Gasteiger partial charge is 0.264 e. The molecular weight excluding hydrogens is 486 g/mol. The Balaban J connectivity index is 2.07. The molecule has 0 heterocycles. The van der Waals surface area contributed by atoms with E-state index >= 15 is 0 Å². The molecule has 0 unspecified atom stereocenters. The minimum absolute atomic E-state index is 0.0883. The first-order valence-electron chi connectivity index (χ1n) is 12.3. The highest BCUT2D eigenvalue weighted by atomic mass is 32.2. The molecule has 0 aliphatic heterocycles. The number of sulfonamides is 1. The number of likely N-dealkylation sites (N-methyl/N-ethyl adjacent to an activating group) is 1. The van der Waals surface area contributed by atoms with Crippen molar-refractivity contribution in [2.24, 2.45) is 0 Å². The van der Waals surface area contributed by atoms with Gasteiger partial charge in [-0.05, 0) is 68.1 Å². The van der Waals surface area contributed by atoms with Gasteiger partial charge in [-0.3, -0.25) is 13.9 Å². The van der Waals surface area contributed by atoms with Gasteiger partial charge in [-0.25, -0.2) is 8.42 Å². The fourth-order valence-corrected chi connectivity index (χ4v) is 5.74. The van der Waals surface area contributed by atoms with Crippen LogP contribution in [0.15, 0.2) is 77.7 Å². The van der Waals surface area contributed by atoms with Crippen LogP contribution in [0.5, 0.6) is 0 Å². The molecule has 37 heavy (non-hydrogen) atoms. The van der Waals surface area contributed by atoms with Gasteiger partial charge in [0.2, 0.25) is 11.8 Å². The zero-order valence-corrected chi connectivity index (χ0v) is 22.9. The number of rotatable bonds is 10. The van der Waals surface area contributed by atoms with Gasteiger partial charge >= 0.3 is 0 Å². The number of carbonyl (C=O) groups is 2. The Morgan fingerprint density at radius 1 is 0.865 bits per heavy atom. The molecular formula is C29H35N3O4S. The summed E-state index contributed by atoms with van der Waals surface area (Å²) in [7, 11) is -2.54. The molecule has 0 saturated heterocycles. The van der Waals surface area contributed by atoms with Crippen molar-refractivity contribution in [2.75, 3.05) is 17.9 Å². The summed E-state index contributed by atoms with van der Waals surface area (Å²) < 4.78 is 28.8. The van der Waals surface area contributed by atoms with Crippen LogP contribution in [0.3, 0.4) is 0 Å². The Kier molecular flexibility index (Phi) is 9.10. The standard InChI is InChI=1S/C29H35N3O4S/c1-6-27(29(34)30-5)31(19-24-14-12-21(2)13-15-24)28(33)20-32(25-17-22(3)16-23(4)18-25)37(35,36)26-10-8-7-9-11-26/h7-18,27H,6,19-20H2,1-5H3,(H,30,34)/t27-/m1/s1. The molecule has 0 aromatic heterocycles. The lowest BCUT2D eigenvalue weighted by molar-refractivity contribution is -0.140. The Morgan fingerprint density at radius 3 is 2.00 bits per heavy atom. The highest BCUT2D eigenvalue weighted by molar-refractivity contribution is 7.92. The van der Waals surface area contributed by atoms with Crippen LogP contribution in [0.25, 0.3) is 0 Å². The molecule has 1 N–H and O–H groups in total. The number of nitrogens with zero attached hydrogens (tertiary/aromatic N) is 2. The largest absolute Gasteiger partial charge is 0.357 e. The monoisotopic (exact) mass is 521 g/mol. The molecule has 3 aromatic carbocycles. The van der Waals surface area contributed by atoms with Gasteiger partial charge in [0.1, 0.15) is 12.6 Å². The Bertz CT molecular complexity index is 1320. The maximum Gasteiger partial charge on any atom is 0.264 e. The van der Waals surface area contributed by atoms with E-state index in [9.17, 15) is 18.0 Å². The summed E-state index contributed by atoms with van der Waals surface area (Å²) in [5.74, 6) is -0.762. The SMILES string of the molecule is CC[C@H](C(=O)NC)N(Cc1ccc(C)cc1)C(=O)CN(c1cc(C)cc(C)c1)S(=O)(=O)c1ccccc1. The van der Waals surface area contributed by atoms with Gasteiger partial charge in [0.15, 0.2) is 0 Å². The second kappa shape index (κ2) is 12.1. The molecule has 1 atom stereocenters. The van der Waals surface area contributed by atoms with Gasteiger partial charge < -0.3 is 10.2 Å². The second-order valence-electron chi connectivity index (χ2n) is 9.22. The van der Waals surface area contributed by atoms with Crippen LogP contribution in [0.2, 0.25) is 0 Å². The Hall–Kier alpha value is -3.65. The third-order valence-electron chi connectivity index (χ3n) is 6.21. The van der Waals surface area contributed by atoms with E-state index in [0.29, 0.717) is 12.1 Å². The molecule has 0 aliphatic rings. The molecule has 3 rings (SSSR count). The summed E-state index contributed by atoms with van der Waals surface area (Å²) in [6, 6.07) is 20.5. The van der Waals surface area contributed by atoms with E-state index in [1.807, 2.05) is 58.0 Å². The van der Waals surface area contributed by atoms with Gasteiger partial charge in [-0.1, -0.05) is 61.0 Å². The number of nitrogens with one attached hydrogen (secondary N) is 1. The van der Waals surface area contributed by atoms with Crippen molar-refractivity contribution in [2.45, 2.75) is 51.6 Å². The van der Waals surface area contributed by atoms with Crippen LogP contribution in [-0.4, -0.2) is 44.8 Å². The van der Waals surface area contributed by atoms with Gasteiger partial charge in [-0.2, -0.15) is 0 Å². The van der Waals surface area contributed by atoms with Crippen LogP contribution < -0.4 is 9.62 Å². The van der Waals surface area contributed by atoms with E-state index in [2.05, 4.69) is 5.32 Å². The topological polar surface area (TPSA) is 86.8 Å². The van der Waals surface area contributed by atoms with Crippen LogP contribution >= 0.6 is 0 Å². The van der Waals surface area contributed by atoms with Crippen molar-refractivity contribution >= 4 is 27.5 Å². The lowest BCUT2D eigenvalue weighted by Crippen LogP contribution is -2.51. The normalized spacial score (nSPS) is 12.0. The fraction of sp³-hybridized carbons (Fsp3) is 0.310. The number of amides is 2. The average molecular weight is 522 g/mol. The van der Waals surface area contributed by atoms with Crippen molar-refractivity contribution in [3.63, 3.8) is 0 Å². The lowest BCUT2D eigenvalue weighted by atomic mass is 10.1. The second-order valence-corrected chi connectivity index (χ2v) is 11.1. The maximum absolute atomic E-state index is 13.9. The van der Waals surface area contributed by atoms with Gasteiger partial charge in [0, 0.05) is 13.6 Å². The van der Waals surface area contributed by atoms with E-state index in [4.69, 9.17) is 0 Å². The molecule has 3 aromatic rings. The molecule has 0 spiro atoms. The van der Waals surface area contributed by atoms with E-state index in [-0.39, 0.29) is 17.3 Å². The summed E-state index contributed by atoms with van der Waals surface area (Å²) in [6.07, 6.45) is 0.381. The van der Waals surface area contributed by atoms with E-state index in [0.717, 1.165) is 26.6 Å². The van der Waals surface area contributed by atoms with E-state index in [1.54, 1.807) is 30.3 Å². The Morgan fingerprint density at radius 2 is 1.46 bits per heavy atom. The summed E-state index contributed by atoms with van der Waals surface area (Å²) in [6.45, 7) is 7.30. The first kappa shape index (κ1) is 27.9. The summed E-state index contributed by atoms with van der Waals surface area (Å²) in [4.78, 5) is 28.2. The van der Waals surface area contributed by atoms with Gasteiger partial charge in [-0.15, -0.1) is 0 Å². The summed E-state index contributed by atoms with van der Waals surface area (Å²) in [5.41, 5.74) is 4.09. The molecule has 8 heteroatoms. The summed E-state index contributed by atoms with van der Waals surface area (Å²) in [5, 5.41) is 2.64. The zero-order chi connectivity index (χ0) is 27.2. The maximum atomic E-state index is 13.9. The van der Waals surface area contributed by atoms with Gasteiger partial charge in [0.25, 0.3) is 10.0 Å². The molecule has 2 amide bonds. The van der Waals surface area contributed by atoms with Crippen molar-refractivity contribution in [1.82, 2.24) is 10.2 Å². The highest BCUT2D eigenvalue weighted by Gasteiger charge is 2.33. The molecule has 0 aliphatic carbocycles. The number of carbonyl (C=O) groups excluding carboxylic acids is 2. The van der Waals surface area contributed by atoms with E-state index < -0.39 is 28.5 Å². The van der Waals surface area contributed by atoms with Crippen molar-refractivity contribution in [3.8, 4) is 0 Å². The molecule has 196 valence electrons. The minimum Gasteiger partial charge on any atom is -0.357 e. The quantitative estimate of drug-likeness (QED) is 0.430. The zero-order valence-electron chi connectivity index (χ0n) is 22.1. The van der Waals surface area contributed by atoms with Crippen LogP contribution in [0.4, 0.5) is 5.69 Å². The predicted molar refractivity (Wildman–Crippen MR) is 147 cm³/mol. The first-order chi connectivity index (χ1) is 17.6. The summed E-state index contributed by atoms with van der Waals surface area (Å²) >= 11 is 0. The number of hydrogen-bond donors (Lipinski definition) is 1. The lowest BCUT2D eigenvalue weighted by Gasteiger charge is -2.33. The van der Waals surface area contributed by atoms with Crippen LogP contribution in [-0.2, 0) is 26.2 Å². The van der Waals surface area contributed by atoms with Crippen LogP contribution in [0, 0.1) is 20.8 Å². The molecule has 7 nitrogen and oxygen atoms in total. The molecule has 0 bridgehead atoms. The molecule has 0 radical (unpaired) electrons. The minimum atomic E-state index is -4.07. The Labute approximate surface area is 220 Å². The number of aryl methyl sites for hydroxylation is 3. The van der Waals surface area contributed by atoms with Crippen LogP contribution in [0.1, 0.15) is 35.6 Å². The number of hydrogen-bond acceptors (Lipinski definition) is 4. The van der Waals surface area contributed by atoms with Crippen molar-refractivity contribution in [1.29, 1.82) is 0 Å². The van der Waals surface area contributed by atoms with Crippen molar-refractivity contribution in [3.05, 3.63) is 95.1 Å². The van der Waals surface area contributed by atoms with Crippen molar-refractivity contribution < 1.29 is 18.0 Å². The van der Waals surface area contributed by atoms with E-state index in [1.165, 1.54) is 24.1 Å². The fourth-order valence-electron chi connectivity index (χ4n) is 4.32. The molecule has 0 saturated carbocycles. The average Bonchev–Trinajstić information content (AvgIpc) is 2.87. The van der Waals surface area contributed by atoms with Gasteiger partial charge in [0.05, 0.1) is 10.6 Å². The predicted octanol–water partition coefficient (Wildman–Crippen LogP) is 4.36.